The summed E-state index contributed by atoms with van der Waals surface area (Å²) in [5.41, 5.74) is -1.54. The molecule has 0 atom stereocenters. The van der Waals surface area contributed by atoms with Gasteiger partial charge < -0.3 is 0 Å². The fourth-order valence-corrected chi connectivity index (χ4v) is 3.05. The van der Waals surface area contributed by atoms with Gasteiger partial charge >= 0.3 is 6.18 Å². The molecule has 0 spiro atoms. The van der Waals surface area contributed by atoms with Crippen LogP contribution in [0.1, 0.15) is 21.5 Å². The van der Waals surface area contributed by atoms with Gasteiger partial charge in [0.1, 0.15) is 0 Å². The predicted octanol–water partition coefficient (Wildman–Crippen LogP) is 6.55. The molecule has 0 heterocycles. The lowest BCUT2D eigenvalue weighted by atomic mass is 10.0. The van der Waals surface area contributed by atoms with E-state index in [1.54, 1.807) is 18.2 Å². The highest BCUT2D eigenvalue weighted by Gasteiger charge is 2.40. The molecule has 0 unspecified atom stereocenters. The Morgan fingerprint density at radius 2 is 1.27 bits per heavy atom. The predicted molar refractivity (Wildman–Crippen MR) is 81.4 cm³/mol. The van der Waals surface area contributed by atoms with Crippen molar-refractivity contribution in [1.29, 1.82) is 0 Å². The molecule has 22 heavy (non-hydrogen) atoms. The van der Waals surface area contributed by atoms with Gasteiger partial charge in [0.15, 0.2) is 5.78 Å². The van der Waals surface area contributed by atoms with Gasteiger partial charge in [0.25, 0.3) is 0 Å². The van der Waals surface area contributed by atoms with Crippen molar-refractivity contribution in [2.45, 2.75) is 6.18 Å². The number of carbonyl (C=O) groups is 1. The van der Waals surface area contributed by atoms with Crippen molar-refractivity contribution in [2.24, 2.45) is 0 Å². The molecule has 116 valence electrons. The summed E-state index contributed by atoms with van der Waals surface area (Å²) in [7, 11) is 0. The Morgan fingerprint density at radius 1 is 0.818 bits per heavy atom. The molecule has 0 saturated carbocycles. The van der Waals surface area contributed by atoms with Crippen molar-refractivity contribution in [3.63, 3.8) is 0 Å². The molecule has 0 bridgehead atoms. The highest BCUT2D eigenvalue weighted by molar-refractivity contribution is 6.51. The van der Waals surface area contributed by atoms with Gasteiger partial charge in [-0.3, -0.25) is 4.79 Å². The number of rotatable bonds is 2. The summed E-state index contributed by atoms with van der Waals surface area (Å²) in [5, 5.41) is -2.89. The van der Waals surface area contributed by atoms with Crippen LogP contribution in [0.3, 0.4) is 0 Å². The Kier molecular flexibility index (Phi) is 4.97. The van der Waals surface area contributed by atoms with Crippen molar-refractivity contribution < 1.29 is 18.0 Å². The van der Waals surface area contributed by atoms with Gasteiger partial charge in [-0.1, -0.05) is 76.7 Å². The number of carbonyl (C=O) groups excluding carboxylic acids is 1. The maximum absolute atomic E-state index is 13.0. The van der Waals surface area contributed by atoms with E-state index >= 15 is 0 Å². The summed E-state index contributed by atoms with van der Waals surface area (Å²) >= 11 is 23.0. The Balaban J connectivity index is 2.73. The third kappa shape index (κ3) is 3.06. The molecule has 0 amide bonds. The molecule has 0 aromatic heterocycles. The molecular weight excluding hydrogens is 383 g/mol. The molecular formula is C14H5Cl4F3O. The van der Waals surface area contributed by atoms with Crippen molar-refractivity contribution in [3.8, 4) is 0 Å². The van der Waals surface area contributed by atoms with Gasteiger partial charge in [0.05, 0.1) is 31.2 Å². The fourth-order valence-electron chi connectivity index (χ4n) is 1.81. The van der Waals surface area contributed by atoms with Crippen molar-refractivity contribution in [2.75, 3.05) is 0 Å². The van der Waals surface area contributed by atoms with E-state index in [2.05, 4.69) is 0 Å². The van der Waals surface area contributed by atoms with Gasteiger partial charge in [-0.2, -0.15) is 13.2 Å². The standard InChI is InChI=1S/C14H5Cl4F3O/c15-9-7(13(22)6-4-2-1-3-5-6)10(16)12(18)8(11(9)17)14(19,20)21/h1-5H. The summed E-state index contributed by atoms with van der Waals surface area (Å²) < 4.78 is 38.9. The van der Waals surface area contributed by atoms with Crippen LogP contribution in [0, 0.1) is 0 Å². The summed E-state index contributed by atoms with van der Waals surface area (Å²) in [5.74, 6) is -0.673. The normalized spacial score (nSPS) is 11.6. The molecule has 1 nitrogen and oxygen atoms in total. The van der Waals surface area contributed by atoms with E-state index in [4.69, 9.17) is 46.4 Å². The number of benzene rings is 2. The van der Waals surface area contributed by atoms with Crippen LogP contribution in [0.15, 0.2) is 30.3 Å². The molecule has 2 aromatic rings. The van der Waals surface area contributed by atoms with Crippen LogP contribution in [0.4, 0.5) is 13.2 Å². The van der Waals surface area contributed by atoms with E-state index in [1.165, 1.54) is 12.1 Å². The van der Waals surface area contributed by atoms with Crippen LogP contribution in [-0.2, 0) is 6.18 Å². The second kappa shape index (κ2) is 6.28. The van der Waals surface area contributed by atoms with E-state index in [1.807, 2.05) is 0 Å². The number of alkyl halides is 3. The van der Waals surface area contributed by atoms with Gasteiger partial charge in [-0.25, -0.2) is 0 Å². The summed E-state index contributed by atoms with van der Waals surface area (Å²) in [6.45, 7) is 0. The van der Waals surface area contributed by atoms with Crippen LogP contribution in [-0.4, -0.2) is 5.78 Å². The van der Waals surface area contributed by atoms with Crippen LogP contribution in [0.5, 0.6) is 0 Å². The van der Waals surface area contributed by atoms with E-state index in [0.29, 0.717) is 0 Å². The highest BCUT2D eigenvalue weighted by atomic mass is 35.5. The molecule has 0 aliphatic carbocycles. The average molecular weight is 388 g/mol. The zero-order valence-electron chi connectivity index (χ0n) is 10.4. The first kappa shape index (κ1) is 17.4. The highest BCUT2D eigenvalue weighted by Crippen LogP contribution is 2.48. The topological polar surface area (TPSA) is 17.1 Å². The van der Waals surface area contributed by atoms with Crippen LogP contribution in [0.2, 0.25) is 20.1 Å². The SMILES string of the molecule is O=C(c1ccccc1)c1c(Cl)c(Cl)c(C(F)(F)F)c(Cl)c1Cl. The Hall–Kier alpha value is -0.940. The van der Waals surface area contributed by atoms with E-state index in [-0.39, 0.29) is 11.1 Å². The van der Waals surface area contributed by atoms with Crippen molar-refractivity contribution in [1.82, 2.24) is 0 Å². The van der Waals surface area contributed by atoms with Gasteiger partial charge in [0, 0.05) is 5.56 Å². The van der Waals surface area contributed by atoms with Gasteiger partial charge in [-0.15, -0.1) is 0 Å². The van der Waals surface area contributed by atoms with Crippen LogP contribution < -0.4 is 0 Å². The fraction of sp³-hybridized carbons (Fsp3) is 0.0714. The number of hydrogen-bond acceptors (Lipinski definition) is 1. The smallest absolute Gasteiger partial charge is 0.288 e. The van der Waals surface area contributed by atoms with E-state index in [0.717, 1.165) is 0 Å². The second-order valence-corrected chi connectivity index (χ2v) is 5.71. The van der Waals surface area contributed by atoms with Gasteiger partial charge in [-0.05, 0) is 0 Å². The minimum absolute atomic E-state index is 0.193. The third-order valence-corrected chi connectivity index (χ3v) is 4.52. The molecule has 0 aliphatic rings. The molecule has 8 heteroatoms. The first-order valence-electron chi connectivity index (χ1n) is 5.69. The Bertz CT molecular complexity index is 713. The first-order chi connectivity index (χ1) is 10.2. The molecule has 2 rings (SSSR count). The zero-order valence-corrected chi connectivity index (χ0v) is 13.5. The Morgan fingerprint density at radius 3 is 1.68 bits per heavy atom. The summed E-state index contributed by atoms with van der Waals surface area (Å²) in [6.07, 6.45) is -4.85. The molecule has 0 N–H and O–H groups in total. The quantitative estimate of drug-likeness (QED) is 0.421. The number of ketones is 1. The average Bonchev–Trinajstić information content (AvgIpc) is 2.45. The lowest BCUT2D eigenvalue weighted by molar-refractivity contribution is -0.137. The van der Waals surface area contributed by atoms with Gasteiger partial charge in [0.2, 0.25) is 0 Å². The molecule has 2 aromatic carbocycles. The second-order valence-electron chi connectivity index (χ2n) is 4.20. The van der Waals surface area contributed by atoms with Crippen molar-refractivity contribution in [3.05, 3.63) is 67.1 Å². The maximum Gasteiger partial charge on any atom is 0.419 e. The summed E-state index contributed by atoms with van der Waals surface area (Å²) in [6, 6.07) is 7.78. The van der Waals surface area contributed by atoms with Crippen molar-refractivity contribution >= 4 is 52.2 Å². The zero-order chi connectivity index (χ0) is 16.7. The molecule has 0 fully saturated rings. The maximum atomic E-state index is 13.0. The monoisotopic (exact) mass is 386 g/mol. The molecule has 0 aliphatic heterocycles. The van der Waals surface area contributed by atoms with Crippen LogP contribution >= 0.6 is 46.4 Å². The first-order valence-corrected chi connectivity index (χ1v) is 7.20. The largest absolute Gasteiger partial charge is 0.419 e. The Labute approximate surface area is 143 Å². The van der Waals surface area contributed by atoms with E-state index in [9.17, 15) is 18.0 Å². The van der Waals surface area contributed by atoms with E-state index < -0.39 is 37.6 Å². The third-order valence-electron chi connectivity index (χ3n) is 2.81. The number of hydrogen-bond donors (Lipinski definition) is 0. The minimum atomic E-state index is -4.85. The number of halogens is 7. The van der Waals surface area contributed by atoms with Crippen LogP contribution in [0.25, 0.3) is 0 Å². The summed E-state index contributed by atoms with van der Waals surface area (Å²) in [4.78, 5) is 12.4. The lowest BCUT2D eigenvalue weighted by Gasteiger charge is -2.16. The minimum Gasteiger partial charge on any atom is -0.288 e. The molecule has 0 saturated heterocycles. The molecule has 0 radical (unpaired) electrons. The lowest BCUT2D eigenvalue weighted by Crippen LogP contribution is -2.11.